The van der Waals surface area contributed by atoms with Crippen LogP contribution in [-0.4, -0.2) is 40.6 Å². The average Bonchev–Trinajstić information content (AvgIpc) is 2.60. The van der Waals surface area contributed by atoms with Crippen LogP contribution in [0.25, 0.3) is 0 Å². The number of sulfonamides is 1. The maximum atomic E-state index is 11.9. The van der Waals surface area contributed by atoms with Crippen LogP contribution >= 0.6 is 0 Å². The first-order chi connectivity index (χ1) is 8.69. The van der Waals surface area contributed by atoms with Gasteiger partial charge < -0.3 is 0 Å². The molecule has 1 heterocycles. The van der Waals surface area contributed by atoms with Crippen molar-refractivity contribution < 1.29 is 16.8 Å². The van der Waals surface area contributed by atoms with Gasteiger partial charge in [-0.25, -0.2) is 16.8 Å². The summed E-state index contributed by atoms with van der Waals surface area (Å²) >= 11 is 0. The Bertz CT molecular complexity index is 662. The van der Waals surface area contributed by atoms with Gasteiger partial charge in [0.25, 0.3) is 0 Å². The second kappa shape index (κ2) is 4.79. The van der Waals surface area contributed by atoms with Gasteiger partial charge in [0.15, 0.2) is 9.84 Å². The number of rotatable bonds is 3. The van der Waals surface area contributed by atoms with Crippen molar-refractivity contribution in [1.29, 1.82) is 0 Å². The molecular weight excluding hydrogens is 286 g/mol. The number of aryl methyl sites for hydroxylation is 1. The van der Waals surface area contributed by atoms with E-state index in [0.29, 0.717) is 12.1 Å². The largest absolute Gasteiger partial charge is 0.266 e. The van der Waals surface area contributed by atoms with Gasteiger partial charge in [-0.15, -0.1) is 0 Å². The normalized spacial score (nSPS) is 22.3. The predicted octanol–water partition coefficient (Wildman–Crippen LogP) is 0.948. The minimum absolute atomic E-state index is 0.0511. The fourth-order valence-electron chi connectivity index (χ4n) is 2.33. The number of nitrogens with zero attached hydrogens (tertiary/aromatic N) is 1. The van der Waals surface area contributed by atoms with Gasteiger partial charge in [0.1, 0.15) is 0 Å². The van der Waals surface area contributed by atoms with Gasteiger partial charge in [-0.1, -0.05) is 17.7 Å². The molecule has 2 rings (SSSR count). The highest BCUT2D eigenvalue weighted by Gasteiger charge is 2.36. The third-order valence-electron chi connectivity index (χ3n) is 3.19. The second-order valence-electron chi connectivity index (χ2n) is 4.95. The van der Waals surface area contributed by atoms with Crippen LogP contribution in [0.3, 0.4) is 0 Å². The average molecular weight is 303 g/mol. The molecule has 19 heavy (non-hydrogen) atoms. The van der Waals surface area contributed by atoms with E-state index in [9.17, 15) is 16.8 Å². The summed E-state index contributed by atoms with van der Waals surface area (Å²) in [4.78, 5) is 0. The van der Waals surface area contributed by atoms with Gasteiger partial charge in [-0.2, -0.15) is 0 Å². The number of sulfone groups is 1. The number of benzene rings is 1. The van der Waals surface area contributed by atoms with Crippen LogP contribution in [0.4, 0.5) is 5.69 Å². The Morgan fingerprint density at radius 2 is 1.79 bits per heavy atom. The Morgan fingerprint density at radius 1 is 1.21 bits per heavy atom. The number of anilines is 1. The number of hydrogen-bond acceptors (Lipinski definition) is 4. The van der Waals surface area contributed by atoms with Crippen LogP contribution in [0.2, 0.25) is 0 Å². The van der Waals surface area contributed by atoms with E-state index in [1.54, 1.807) is 12.1 Å². The van der Waals surface area contributed by atoms with Crippen LogP contribution in [0.1, 0.15) is 12.0 Å². The van der Waals surface area contributed by atoms with E-state index in [2.05, 4.69) is 0 Å². The minimum Gasteiger partial charge on any atom is -0.266 e. The van der Waals surface area contributed by atoms with Crippen LogP contribution in [0.15, 0.2) is 24.3 Å². The first-order valence-corrected chi connectivity index (χ1v) is 9.62. The minimum atomic E-state index is -3.50. The monoisotopic (exact) mass is 303 g/mol. The SMILES string of the molecule is Cc1ccc(N(C2CCS(=O)(=O)C2)S(C)(=O)=O)cc1. The Morgan fingerprint density at radius 3 is 2.21 bits per heavy atom. The first-order valence-electron chi connectivity index (χ1n) is 5.95. The summed E-state index contributed by atoms with van der Waals surface area (Å²) in [5.74, 6) is -0.0521. The molecule has 0 aromatic heterocycles. The van der Waals surface area contributed by atoms with Crippen molar-refractivity contribution in [2.75, 3.05) is 22.1 Å². The molecule has 0 radical (unpaired) electrons. The Balaban J connectivity index is 2.41. The zero-order valence-corrected chi connectivity index (χ0v) is 12.5. The van der Waals surface area contributed by atoms with Crippen molar-refractivity contribution in [3.63, 3.8) is 0 Å². The van der Waals surface area contributed by atoms with Crippen molar-refractivity contribution >= 4 is 25.5 Å². The second-order valence-corrected chi connectivity index (χ2v) is 9.04. The lowest BCUT2D eigenvalue weighted by molar-refractivity contribution is 0.586. The molecule has 0 bridgehead atoms. The zero-order chi connectivity index (χ0) is 14.3. The molecule has 1 atom stereocenters. The lowest BCUT2D eigenvalue weighted by atomic mass is 10.2. The lowest BCUT2D eigenvalue weighted by Gasteiger charge is -2.28. The van der Waals surface area contributed by atoms with Gasteiger partial charge in [0, 0.05) is 0 Å². The van der Waals surface area contributed by atoms with Crippen molar-refractivity contribution in [3.05, 3.63) is 29.8 Å². The molecule has 1 unspecified atom stereocenters. The van der Waals surface area contributed by atoms with Gasteiger partial charge in [-0.05, 0) is 25.5 Å². The smallest absolute Gasteiger partial charge is 0.232 e. The molecule has 1 aromatic carbocycles. The molecule has 106 valence electrons. The van der Waals surface area contributed by atoms with Crippen LogP contribution in [0, 0.1) is 6.92 Å². The molecular formula is C12H17NO4S2. The quantitative estimate of drug-likeness (QED) is 0.833. The van der Waals surface area contributed by atoms with E-state index >= 15 is 0 Å². The van der Waals surface area contributed by atoms with Crippen molar-refractivity contribution in [3.8, 4) is 0 Å². The molecule has 0 amide bonds. The number of hydrogen-bond donors (Lipinski definition) is 0. The first kappa shape index (κ1) is 14.3. The van der Waals surface area contributed by atoms with E-state index in [1.807, 2.05) is 19.1 Å². The summed E-state index contributed by atoms with van der Waals surface area (Å²) in [7, 11) is -6.62. The highest BCUT2D eigenvalue weighted by Crippen LogP contribution is 2.27. The molecule has 0 saturated carbocycles. The van der Waals surface area contributed by atoms with E-state index in [0.717, 1.165) is 11.8 Å². The van der Waals surface area contributed by atoms with E-state index < -0.39 is 25.9 Å². The molecule has 1 saturated heterocycles. The summed E-state index contributed by atoms with van der Waals surface area (Å²) in [5.41, 5.74) is 1.55. The zero-order valence-electron chi connectivity index (χ0n) is 10.9. The highest BCUT2D eigenvalue weighted by molar-refractivity contribution is 7.93. The summed E-state index contributed by atoms with van der Waals surface area (Å²) in [6.07, 6.45) is 1.46. The third-order valence-corrected chi connectivity index (χ3v) is 6.16. The van der Waals surface area contributed by atoms with Crippen molar-refractivity contribution in [2.45, 2.75) is 19.4 Å². The van der Waals surface area contributed by atoms with E-state index in [4.69, 9.17) is 0 Å². The molecule has 7 heteroatoms. The molecule has 0 aliphatic carbocycles. The molecule has 0 N–H and O–H groups in total. The summed E-state index contributed by atoms with van der Waals surface area (Å²) < 4.78 is 48.2. The maximum Gasteiger partial charge on any atom is 0.232 e. The molecule has 1 aliphatic rings. The molecule has 1 fully saturated rings. The maximum absolute atomic E-state index is 11.9. The fraction of sp³-hybridized carbons (Fsp3) is 0.500. The van der Waals surface area contributed by atoms with Gasteiger partial charge in [0.2, 0.25) is 10.0 Å². The summed E-state index contributed by atoms with van der Waals surface area (Å²) in [6.45, 7) is 1.91. The summed E-state index contributed by atoms with van der Waals surface area (Å²) in [6, 6.07) is 6.55. The Hall–Kier alpha value is -1.08. The summed E-state index contributed by atoms with van der Waals surface area (Å²) in [5, 5.41) is 0. The van der Waals surface area contributed by atoms with E-state index in [1.165, 1.54) is 4.31 Å². The van der Waals surface area contributed by atoms with Crippen LogP contribution < -0.4 is 4.31 Å². The topological polar surface area (TPSA) is 71.5 Å². The Kier molecular flexibility index (Phi) is 3.61. The molecule has 0 spiro atoms. The van der Waals surface area contributed by atoms with Gasteiger partial charge in [0.05, 0.1) is 29.5 Å². The molecule has 1 aliphatic heterocycles. The van der Waals surface area contributed by atoms with E-state index in [-0.39, 0.29) is 11.5 Å². The predicted molar refractivity (Wildman–Crippen MR) is 75.6 cm³/mol. The Labute approximate surface area is 114 Å². The lowest BCUT2D eigenvalue weighted by Crippen LogP contribution is -2.40. The fourth-order valence-corrected chi connectivity index (χ4v) is 5.35. The molecule has 1 aromatic rings. The van der Waals surface area contributed by atoms with Gasteiger partial charge in [-0.3, -0.25) is 4.31 Å². The van der Waals surface area contributed by atoms with Crippen molar-refractivity contribution in [1.82, 2.24) is 0 Å². The van der Waals surface area contributed by atoms with Gasteiger partial charge >= 0.3 is 0 Å². The third kappa shape index (κ3) is 3.27. The van der Waals surface area contributed by atoms with Crippen LogP contribution in [-0.2, 0) is 19.9 Å². The molecule has 5 nitrogen and oxygen atoms in total. The van der Waals surface area contributed by atoms with Crippen LogP contribution in [0.5, 0.6) is 0 Å². The van der Waals surface area contributed by atoms with Crippen molar-refractivity contribution in [2.24, 2.45) is 0 Å². The highest BCUT2D eigenvalue weighted by atomic mass is 32.2. The standard InChI is InChI=1S/C12H17NO4S2/c1-10-3-5-11(6-4-10)13(18(2,14)15)12-7-8-19(16,17)9-12/h3-6,12H,7-9H2,1-2H3.